The number of rotatable bonds is 3. The second-order valence-corrected chi connectivity index (χ2v) is 4.51. The van der Waals surface area contributed by atoms with Gasteiger partial charge >= 0.3 is 0 Å². The van der Waals surface area contributed by atoms with Crippen molar-refractivity contribution in [3.8, 4) is 0 Å². The Kier molecular flexibility index (Phi) is 3.68. The lowest BCUT2D eigenvalue weighted by molar-refractivity contribution is 0.0911. The summed E-state index contributed by atoms with van der Waals surface area (Å²) in [6.45, 7) is 2.34. The predicted molar refractivity (Wildman–Crippen MR) is 62.5 cm³/mol. The number of aliphatic hydroxyl groups excluding tert-OH is 1. The number of hydrogen-bond donors (Lipinski definition) is 2. The van der Waals surface area contributed by atoms with Crippen LogP contribution in [0.15, 0.2) is 12.4 Å². The molecule has 2 rings (SSSR count). The van der Waals surface area contributed by atoms with E-state index in [9.17, 15) is 9.90 Å². The van der Waals surface area contributed by atoms with Crippen molar-refractivity contribution < 1.29 is 9.90 Å². The number of carbonyl (C=O) groups excluding carboxylic acids is 1. The molecule has 1 amide bonds. The largest absolute Gasteiger partial charge is 0.393 e. The highest BCUT2D eigenvalue weighted by Gasteiger charge is 2.25. The lowest BCUT2D eigenvalue weighted by atomic mass is 10.1. The minimum absolute atomic E-state index is 0.182. The van der Waals surface area contributed by atoms with Gasteiger partial charge in [0.15, 0.2) is 0 Å². The average molecular weight is 235 g/mol. The number of nitrogens with one attached hydrogen (secondary N) is 1. The Labute approximate surface area is 100 Å². The van der Waals surface area contributed by atoms with Gasteiger partial charge < -0.3 is 10.4 Å². The van der Waals surface area contributed by atoms with Gasteiger partial charge in [0.05, 0.1) is 6.10 Å². The molecule has 0 radical (unpaired) electrons. The van der Waals surface area contributed by atoms with E-state index in [1.165, 1.54) is 6.33 Å². The number of hydrogen-bond acceptors (Lipinski definition) is 4. The molecule has 0 spiro atoms. The Morgan fingerprint density at radius 3 is 3.00 bits per heavy atom. The van der Waals surface area contributed by atoms with Crippen molar-refractivity contribution in [2.24, 2.45) is 5.92 Å². The summed E-state index contributed by atoms with van der Waals surface area (Å²) in [4.78, 5) is 19.6. The van der Waals surface area contributed by atoms with Crippen LogP contribution in [0, 0.1) is 12.8 Å². The molecule has 0 aliphatic heterocycles. The van der Waals surface area contributed by atoms with Gasteiger partial charge in [-0.2, -0.15) is 0 Å². The molecule has 5 nitrogen and oxygen atoms in total. The fourth-order valence-electron chi connectivity index (χ4n) is 2.15. The lowest BCUT2D eigenvalue weighted by Crippen LogP contribution is -2.32. The summed E-state index contributed by atoms with van der Waals surface area (Å²) >= 11 is 0. The third-order valence-electron chi connectivity index (χ3n) is 3.18. The molecule has 1 heterocycles. The van der Waals surface area contributed by atoms with Gasteiger partial charge in [0.25, 0.3) is 5.91 Å². The maximum Gasteiger partial charge on any atom is 0.270 e. The van der Waals surface area contributed by atoms with Crippen molar-refractivity contribution in [1.82, 2.24) is 15.3 Å². The Balaban J connectivity index is 1.89. The Hall–Kier alpha value is -1.49. The van der Waals surface area contributed by atoms with Gasteiger partial charge in [0.1, 0.15) is 12.0 Å². The molecule has 17 heavy (non-hydrogen) atoms. The summed E-state index contributed by atoms with van der Waals surface area (Å²) in [5.41, 5.74) is 1.15. The molecular formula is C12H17N3O2. The quantitative estimate of drug-likeness (QED) is 0.807. The molecular weight excluding hydrogens is 218 g/mol. The Bertz CT molecular complexity index is 408. The number of carbonyl (C=O) groups is 1. The molecule has 2 N–H and O–H groups in total. The van der Waals surface area contributed by atoms with E-state index in [4.69, 9.17) is 0 Å². The molecule has 92 valence electrons. The minimum Gasteiger partial charge on any atom is -0.393 e. The van der Waals surface area contributed by atoms with E-state index in [1.807, 2.05) is 6.92 Å². The van der Waals surface area contributed by atoms with E-state index in [-0.39, 0.29) is 17.9 Å². The van der Waals surface area contributed by atoms with Crippen LogP contribution in [0.2, 0.25) is 0 Å². The third-order valence-corrected chi connectivity index (χ3v) is 3.18. The molecule has 1 aromatic heterocycles. The van der Waals surface area contributed by atoms with E-state index in [1.54, 1.807) is 6.07 Å². The molecule has 0 bridgehead atoms. The van der Waals surface area contributed by atoms with Crippen molar-refractivity contribution in [3.05, 3.63) is 23.8 Å². The summed E-state index contributed by atoms with van der Waals surface area (Å²) in [7, 11) is 0. The molecule has 1 saturated carbocycles. The highest BCUT2D eigenvalue weighted by Crippen LogP contribution is 2.24. The van der Waals surface area contributed by atoms with E-state index < -0.39 is 0 Å². The first-order valence-electron chi connectivity index (χ1n) is 5.91. The van der Waals surface area contributed by atoms with Gasteiger partial charge in [-0.15, -0.1) is 0 Å². The topological polar surface area (TPSA) is 75.1 Å². The summed E-state index contributed by atoms with van der Waals surface area (Å²) in [5, 5.41) is 12.4. The first kappa shape index (κ1) is 12.0. The second kappa shape index (κ2) is 5.23. The van der Waals surface area contributed by atoms with Crippen molar-refractivity contribution in [1.29, 1.82) is 0 Å². The van der Waals surface area contributed by atoms with Crippen molar-refractivity contribution >= 4 is 5.91 Å². The molecule has 1 aliphatic carbocycles. The van der Waals surface area contributed by atoms with Crippen LogP contribution in [0.25, 0.3) is 0 Å². The monoisotopic (exact) mass is 235 g/mol. The maximum absolute atomic E-state index is 11.8. The van der Waals surface area contributed by atoms with Gasteiger partial charge in [-0.3, -0.25) is 4.79 Å². The van der Waals surface area contributed by atoms with Crippen LogP contribution in [0.5, 0.6) is 0 Å². The van der Waals surface area contributed by atoms with E-state index >= 15 is 0 Å². The molecule has 5 heteroatoms. The number of nitrogens with zero attached hydrogens (tertiary/aromatic N) is 2. The zero-order chi connectivity index (χ0) is 12.3. The third kappa shape index (κ3) is 3.00. The molecule has 0 saturated heterocycles. The highest BCUT2D eigenvalue weighted by molar-refractivity contribution is 5.92. The van der Waals surface area contributed by atoms with Crippen molar-refractivity contribution in [2.75, 3.05) is 6.54 Å². The standard InChI is InChI=1S/C12H17N3O2/c1-8-5-10(15-7-14-8)12(17)13-6-9-3-2-4-11(9)16/h5,7,9,11,16H,2-4,6H2,1H3,(H,13,17). The van der Waals surface area contributed by atoms with Crippen LogP contribution in [0.1, 0.15) is 35.4 Å². The number of amides is 1. The van der Waals surface area contributed by atoms with Crippen molar-refractivity contribution in [2.45, 2.75) is 32.3 Å². The van der Waals surface area contributed by atoms with E-state index in [0.29, 0.717) is 12.2 Å². The van der Waals surface area contributed by atoms with Crippen LogP contribution in [-0.4, -0.2) is 33.6 Å². The molecule has 1 aliphatic rings. The van der Waals surface area contributed by atoms with Gasteiger partial charge in [-0.05, 0) is 25.8 Å². The first-order chi connectivity index (χ1) is 8.16. The van der Waals surface area contributed by atoms with Gasteiger partial charge in [0.2, 0.25) is 0 Å². The fourth-order valence-corrected chi connectivity index (χ4v) is 2.15. The second-order valence-electron chi connectivity index (χ2n) is 4.51. The molecule has 1 fully saturated rings. The highest BCUT2D eigenvalue weighted by atomic mass is 16.3. The Morgan fingerprint density at radius 1 is 1.53 bits per heavy atom. The smallest absolute Gasteiger partial charge is 0.270 e. The average Bonchev–Trinajstić information content (AvgIpc) is 2.72. The minimum atomic E-state index is -0.276. The van der Waals surface area contributed by atoms with Gasteiger partial charge in [-0.1, -0.05) is 6.42 Å². The number of aliphatic hydroxyl groups is 1. The molecule has 2 atom stereocenters. The SMILES string of the molecule is Cc1cc(C(=O)NCC2CCCC2O)ncn1. The first-order valence-corrected chi connectivity index (χ1v) is 5.91. The van der Waals surface area contributed by atoms with Crippen LogP contribution in [0.4, 0.5) is 0 Å². The molecule has 2 unspecified atom stereocenters. The van der Waals surface area contributed by atoms with Crippen LogP contribution < -0.4 is 5.32 Å². The maximum atomic E-state index is 11.8. The van der Waals surface area contributed by atoms with Crippen LogP contribution in [0.3, 0.4) is 0 Å². The van der Waals surface area contributed by atoms with Crippen molar-refractivity contribution in [3.63, 3.8) is 0 Å². The number of aryl methyl sites for hydroxylation is 1. The Morgan fingerprint density at radius 2 is 2.35 bits per heavy atom. The lowest BCUT2D eigenvalue weighted by Gasteiger charge is -2.14. The van der Waals surface area contributed by atoms with Crippen LogP contribution >= 0.6 is 0 Å². The predicted octanol–water partition coefficient (Wildman–Crippen LogP) is 0.676. The fraction of sp³-hybridized carbons (Fsp3) is 0.583. The number of aromatic nitrogens is 2. The van der Waals surface area contributed by atoms with E-state index in [2.05, 4.69) is 15.3 Å². The zero-order valence-electron chi connectivity index (χ0n) is 9.89. The summed E-state index contributed by atoms with van der Waals surface area (Å²) in [6, 6.07) is 1.65. The normalized spacial score (nSPS) is 23.6. The molecule has 0 aromatic carbocycles. The summed E-state index contributed by atoms with van der Waals surface area (Å²) in [6.07, 6.45) is 3.96. The zero-order valence-corrected chi connectivity index (χ0v) is 9.89. The summed E-state index contributed by atoms with van der Waals surface area (Å²) < 4.78 is 0. The van der Waals surface area contributed by atoms with E-state index in [0.717, 1.165) is 25.0 Å². The molecule has 1 aromatic rings. The van der Waals surface area contributed by atoms with Gasteiger partial charge in [-0.25, -0.2) is 9.97 Å². The van der Waals surface area contributed by atoms with Gasteiger partial charge in [0, 0.05) is 18.2 Å². The summed E-state index contributed by atoms with van der Waals surface area (Å²) in [5.74, 6) is -0.0171. The van der Waals surface area contributed by atoms with Crippen LogP contribution in [-0.2, 0) is 0 Å².